The highest BCUT2D eigenvalue weighted by Crippen LogP contribution is 2.68. The number of phenols is 1. The molecule has 4 atom stereocenters. The van der Waals surface area contributed by atoms with Crippen LogP contribution in [0.5, 0.6) is 11.5 Å². The van der Waals surface area contributed by atoms with Crippen molar-refractivity contribution >= 4 is 0 Å². The molecule has 2 saturated carbocycles. The highest BCUT2D eigenvalue weighted by molar-refractivity contribution is 5.59. The predicted molar refractivity (Wildman–Crippen MR) is 102 cm³/mol. The van der Waals surface area contributed by atoms with Crippen LogP contribution in [-0.2, 0) is 11.8 Å². The first-order valence-corrected chi connectivity index (χ1v) is 10.0. The van der Waals surface area contributed by atoms with Gasteiger partial charge < -0.3 is 9.84 Å². The quantitative estimate of drug-likeness (QED) is 0.702. The zero-order chi connectivity index (χ0) is 18.2. The molecule has 0 spiro atoms. The molecule has 2 fully saturated rings. The first-order chi connectivity index (χ1) is 11.6. The lowest BCUT2D eigenvalue weighted by molar-refractivity contribution is -0.0983. The van der Waals surface area contributed by atoms with Crippen molar-refractivity contribution in [3.05, 3.63) is 22.8 Å². The van der Waals surface area contributed by atoms with Gasteiger partial charge >= 0.3 is 0 Å². The van der Waals surface area contributed by atoms with Crippen molar-refractivity contribution in [2.45, 2.75) is 78.6 Å². The molecule has 3 aliphatic rings. The summed E-state index contributed by atoms with van der Waals surface area (Å²) in [7, 11) is 1.70. The topological polar surface area (TPSA) is 29.5 Å². The molecule has 2 nitrogen and oxygen atoms in total. The van der Waals surface area contributed by atoms with Crippen molar-refractivity contribution in [3.63, 3.8) is 0 Å². The Kier molecular flexibility index (Phi) is 3.57. The summed E-state index contributed by atoms with van der Waals surface area (Å²) in [5, 5.41) is 10.4. The van der Waals surface area contributed by atoms with E-state index in [1.165, 1.54) is 48.8 Å². The van der Waals surface area contributed by atoms with Crippen LogP contribution in [0.4, 0.5) is 0 Å². The van der Waals surface area contributed by atoms with Gasteiger partial charge in [0.1, 0.15) is 0 Å². The SMILES string of the molecule is COc1c(O)cc(C)c2c1C[C@H]1C3(C)CCCC(C)(C)[C@@H]3CC[C@]21C. The van der Waals surface area contributed by atoms with Gasteiger partial charge in [0.25, 0.3) is 0 Å². The van der Waals surface area contributed by atoms with Crippen LogP contribution in [0.25, 0.3) is 0 Å². The second kappa shape index (κ2) is 5.18. The van der Waals surface area contributed by atoms with Crippen LogP contribution in [0, 0.1) is 29.6 Å². The Labute approximate surface area is 153 Å². The second-order valence-electron chi connectivity index (χ2n) is 10.2. The van der Waals surface area contributed by atoms with Gasteiger partial charge in [0, 0.05) is 5.56 Å². The molecule has 1 N–H and O–H groups in total. The van der Waals surface area contributed by atoms with E-state index >= 15 is 0 Å². The standard InChI is InChI=1S/C23H34O2/c1-14-12-16(24)20(25-6)15-13-18-22(4)10-7-9-21(2,3)17(22)8-11-23(18,5)19(14)15/h12,17-18,24H,7-11,13H2,1-6H3/t17-,18-,22?,23-/m0/s1. The Morgan fingerprint density at radius 2 is 1.80 bits per heavy atom. The van der Waals surface area contributed by atoms with Gasteiger partial charge in [0.05, 0.1) is 7.11 Å². The van der Waals surface area contributed by atoms with E-state index in [1.807, 2.05) is 6.07 Å². The fourth-order valence-corrected chi connectivity index (χ4v) is 7.68. The third-order valence-corrected chi connectivity index (χ3v) is 8.53. The summed E-state index contributed by atoms with van der Waals surface area (Å²) in [5.41, 5.74) is 5.08. The number of benzene rings is 1. The summed E-state index contributed by atoms with van der Waals surface area (Å²) in [6.07, 6.45) is 7.73. The second-order valence-corrected chi connectivity index (χ2v) is 10.2. The van der Waals surface area contributed by atoms with E-state index in [1.54, 1.807) is 7.11 Å². The van der Waals surface area contributed by atoms with Gasteiger partial charge in [0.2, 0.25) is 0 Å². The Bertz CT molecular complexity index is 719. The summed E-state index contributed by atoms with van der Waals surface area (Å²) in [5.74, 6) is 2.50. The minimum absolute atomic E-state index is 0.221. The first-order valence-electron chi connectivity index (χ1n) is 10.0. The Morgan fingerprint density at radius 3 is 2.48 bits per heavy atom. The van der Waals surface area contributed by atoms with Gasteiger partial charge in [-0.3, -0.25) is 0 Å². The number of ether oxygens (including phenoxy) is 1. The van der Waals surface area contributed by atoms with Gasteiger partial charge in [-0.05, 0) is 84.3 Å². The molecule has 138 valence electrons. The molecule has 0 amide bonds. The Balaban J connectivity index is 1.88. The van der Waals surface area contributed by atoms with Gasteiger partial charge in [-0.25, -0.2) is 0 Å². The third-order valence-electron chi connectivity index (χ3n) is 8.53. The summed E-state index contributed by atoms with van der Waals surface area (Å²) >= 11 is 0. The predicted octanol–water partition coefficient (Wildman–Crippen LogP) is 5.77. The first kappa shape index (κ1) is 17.2. The molecule has 0 radical (unpaired) electrons. The van der Waals surface area contributed by atoms with E-state index in [4.69, 9.17) is 4.74 Å². The van der Waals surface area contributed by atoms with Crippen molar-refractivity contribution in [2.75, 3.05) is 7.11 Å². The minimum atomic E-state index is 0.221. The molecule has 0 aromatic heterocycles. The van der Waals surface area contributed by atoms with Crippen LogP contribution in [0.1, 0.15) is 76.5 Å². The van der Waals surface area contributed by atoms with Gasteiger partial charge in [-0.2, -0.15) is 0 Å². The smallest absolute Gasteiger partial charge is 0.163 e. The number of aromatic hydroxyl groups is 1. The van der Waals surface area contributed by atoms with Crippen molar-refractivity contribution in [3.8, 4) is 11.5 Å². The fourth-order valence-electron chi connectivity index (χ4n) is 7.68. The maximum Gasteiger partial charge on any atom is 0.163 e. The number of phenolic OH excluding ortho intramolecular Hbond substituents is 1. The highest BCUT2D eigenvalue weighted by Gasteiger charge is 2.61. The molecule has 1 aromatic carbocycles. The average molecular weight is 343 g/mol. The van der Waals surface area contributed by atoms with E-state index in [0.29, 0.717) is 22.5 Å². The van der Waals surface area contributed by atoms with Crippen LogP contribution < -0.4 is 4.74 Å². The molecule has 0 heterocycles. The summed E-state index contributed by atoms with van der Waals surface area (Å²) in [6.45, 7) is 12.2. The maximum atomic E-state index is 10.4. The zero-order valence-electron chi connectivity index (χ0n) is 16.8. The van der Waals surface area contributed by atoms with E-state index in [-0.39, 0.29) is 5.41 Å². The molecule has 3 aliphatic carbocycles. The van der Waals surface area contributed by atoms with Crippen molar-refractivity contribution in [2.24, 2.45) is 22.7 Å². The van der Waals surface area contributed by atoms with Gasteiger partial charge in [0.15, 0.2) is 11.5 Å². The van der Waals surface area contributed by atoms with Crippen molar-refractivity contribution in [1.29, 1.82) is 0 Å². The summed E-state index contributed by atoms with van der Waals surface area (Å²) < 4.78 is 5.65. The number of aryl methyl sites for hydroxylation is 1. The summed E-state index contributed by atoms with van der Waals surface area (Å²) in [4.78, 5) is 0. The lowest BCUT2D eigenvalue weighted by Gasteiger charge is -2.61. The maximum absolute atomic E-state index is 10.4. The van der Waals surface area contributed by atoms with Crippen molar-refractivity contribution in [1.82, 2.24) is 0 Å². The molecular formula is C23H34O2. The van der Waals surface area contributed by atoms with Crippen LogP contribution in [0.2, 0.25) is 0 Å². The largest absolute Gasteiger partial charge is 0.504 e. The minimum Gasteiger partial charge on any atom is -0.504 e. The lowest BCUT2D eigenvalue weighted by Crippen LogP contribution is -2.55. The molecule has 1 unspecified atom stereocenters. The number of hydrogen-bond acceptors (Lipinski definition) is 2. The van der Waals surface area contributed by atoms with Gasteiger partial charge in [-0.15, -0.1) is 0 Å². The normalized spacial score (nSPS) is 38.6. The van der Waals surface area contributed by atoms with Crippen molar-refractivity contribution < 1.29 is 9.84 Å². The Morgan fingerprint density at radius 1 is 1.08 bits per heavy atom. The third kappa shape index (κ3) is 2.09. The number of hydrogen-bond donors (Lipinski definition) is 1. The highest BCUT2D eigenvalue weighted by atomic mass is 16.5. The lowest BCUT2D eigenvalue weighted by atomic mass is 9.43. The fraction of sp³-hybridized carbons (Fsp3) is 0.739. The number of fused-ring (bicyclic) bond motifs is 5. The molecule has 4 rings (SSSR count). The molecule has 0 aliphatic heterocycles. The molecule has 25 heavy (non-hydrogen) atoms. The van der Waals surface area contributed by atoms with E-state index in [0.717, 1.165) is 18.1 Å². The molecule has 1 aromatic rings. The van der Waals surface area contributed by atoms with E-state index in [9.17, 15) is 5.11 Å². The van der Waals surface area contributed by atoms with Crippen LogP contribution in [0.15, 0.2) is 6.07 Å². The summed E-state index contributed by atoms with van der Waals surface area (Å²) in [6, 6.07) is 1.92. The van der Waals surface area contributed by atoms with Crippen LogP contribution in [0.3, 0.4) is 0 Å². The van der Waals surface area contributed by atoms with Crippen LogP contribution in [-0.4, -0.2) is 12.2 Å². The number of rotatable bonds is 1. The number of methoxy groups -OCH3 is 1. The average Bonchev–Trinajstić information content (AvgIpc) is 2.81. The van der Waals surface area contributed by atoms with E-state index < -0.39 is 0 Å². The van der Waals surface area contributed by atoms with Gasteiger partial charge in [-0.1, -0.05) is 34.1 Å². The molecule has 0 saturated heterocycles. The van der Waals surface area contributed by atoms with Crippen LogP contribution >= 0.6 is 0 Å². The Hall–Kier alpha value is -1.18. The zero-order valence-corrected chi connectivity index (χ0v) is 16.8. The molecule has 2 heteroatoms. The molecule has 0 bridgehead atoms. The molecular weight excluding hydrogens is 308 g/mol. The monoisotopic (exact) mass is 342 g/mol. The van der Waals surface area contributed by atoms with E-state index in [2.05, 4.69) is 34.6 Å².